The van der Waals surface area contributed by atoms with E-state index < -0.39 is 0 Å². The van der Waals surface area contributed by atoms with Crippen molar-refractivity contribution in [3.63, 3.8) is 0 Å². The molecule has 17 heavy (non-hydrogen) atoms. The summed E-state index contributed by atoms with van der Waals surface area (Å²) in [5.41, 5.74) is 1.25. The Labute approximate surface area is 104 Å². The van der Waals surface area contributed by atoms with Crippen molar-refractivity contribution in [2.45, 2.75) is 20.0 Å². The van der Waals surface area contributed by atoms with E-state index >= 15 is 0 Å². The van der Waals surface area contributed by atoms with Crippen LogP contribution in [-0.4, -0.2) is 17.7 Å². The van der Waals surface area contributed by atoms with E-state index in [1.165, 1.54) is 6.07 Å². The standard InChI is InChI=1S/C12H12ClNO3/c1-2-17-12(16)5-8-3-9(6-14)10(7-15)11(13)4-8/h3-4,15H,2,5,7H2,1H3. The average Bonchev–Trinajstić information content (AvgIpc) is 2.28. The summed E-state index contributed by atoms with van der Waals surface area (Å²) >= 11 is 5.91. The SMILES string of the molecule is CCOC(=O)Cc1cc(Cl)c(CO)c(C#N)c1. The van der Waals surface area contributed by atoms with Crippen LogP contribution in [0, 0.1) is 11.3 Å². The van der Waals surface area contributed by atoms with E-state index in [1.807, 2.05) is 6.07 Å². The van der Waals surface area contributed by atoms with Crippen LogP contribution in [0.15, 0.2) is 12.1 Å². The van der Waals surface area contributed by atoms with Gasteiger partial charge >= 0.3 is 5.97 Å². The van der Waals surface area contributed by atoms with Gasteiger partial charge in [-0.3, -0.25) is 4.79 Å². The number of aliphatic hydroxyl groups excluding tert-OH is 1. The normalized spacial score (nSPS) is 9.76. The van der Waals surface area contributed by atoms with Crippen molar-refractivity contribution < 1.29 is 14.6 Å². The third kappa shape index (κ3) is 3.45. The molecule has 0 aliphatic heterocycles. The number of halogens is 1. The van der Waals surface area contributed by atoms with Gasteiger partial charge in [-0.2, -0.15) is 5.26 Å². The Kier molecular flexibility index (Phi) is 4.95. The Balaban J connectivity index is 3.00. The lowest BCUT2D eigenvalue weighted by Crippen LogP contribution is -2.08. The zero-order chi connectivity index (χ0) is 12.8. The van der Waals surface area contributed by atoms with Gasteiger partial charge < -0.3 is 9.84 Å². The zero-order valence-electron chi connectivity index (χ0n) is 9.36. The van der Waals surface area contributed by atoms with Gasteiger partial charge in [0, 0.05) is 10.6 Å². The number of carbonyl (C=O) groups is 1. The number of hydrogen-bond donors (Lipinski definition) is 1. The fourth-order valence-corrected chi connectivity index (χ4v) is 1.74. The molecule has 0 fully saturated rings. The van der Waals surface area contributed by atoms with Crippen molar-refractivity contribution >= 4 is 17.6 Å². The van der Waals surface area contributed by atoms with Gasteiger partial charge in [0.2, 0.25) is 0 Å². The van der Waals surface area contributed by atoms with Gasteiger partial charge in [-0.1, -0.05) is 11.6 Å². The summed E-state index contributed by atoms with van der Waals surface area (Å²) in [6, 6.07) is 5.03. The topological polar surface area (TPSA) is 70.3 Å². The number of nitriles is 1. The van der Waals surface area contributed by atoms with Crippen molar-refractivity contribution in [3.05, 3.63) is 33.8 Å². The number of nitrogens with zero attached hydrogens (tertiary/aromatic N) is 1. The first-order chi connectivity index (χ1) is 8.12. The van der Waals surface area contributed by atoms with Crippen LogP contribution in [0.1, 0.15) is 23.6 Å². The van der Waals surface area contributed by atoms with Gasteiger partial charge in [0.05, 0.1) is 31.3 Å². The Bertz CT molecular complexity index is 466. The highest BCUT2D eigenvalue weighted by Gasteiger charge is 2.11. The molecule has 5 heteroatoms. The maximum Gasteiger partial charge on any atom is 0.310 e. The molecule has 0 unspecified atom stereocenters. The zero-order valence-corrected chi connectivity index (χ0v) is 10.1. The minimum Gasteiger partial charge on any atom is -0.466 e. The highest BCUT2D eigenvalue weighted by Crippen LogP contribution is 2.22. The van der Waals surface area contributed by atoms with E-state index in [0.29, 0.717) is 17.7 Å². The Hall–Kier alpha value is -1.57. The fourth-order valence-electron chi connectivity index (χ4n) is 1.43. The molecule has 0 saturated heterocycles. The first kappa shape index (κ1) is 13.5. The summed E-state index contributed by atoms with van der Waals surface area (Å²) in [7, 11) is 0. The number of aliphatic hydroxyl groups is 1. The highest BCUT2D eigenvalue weighted by molar-refractivity contribution is 6.31. The van der Waals surface area contributed by atoms with Crippen molar-refractivity contribution in [2.75, 3.05) is 6.61 Å². The third-order valence-electron chi connectivity index (χ3n) is 2.19. The van der Waals surface area contributed by atoms with E-state index in [-0.39, 0.29) is 29.6 Å². The fraction of sp³-hybridized carbons (Fsp3) is 0.333. The van der Waals surface area contributed by atoms with Crippen LogP contribution in [0.4, 0.5) is 0 Å². The molecule has 1 aromatic rings. The molecule has 0 aromatic heterocycles. The van der Waals surface area contributed by atoms with Crippen LogP contribution in [0.25, 0.3) is 0 Å². The minimum absolute atomic E-state index is 0.0634. The molecular weight excluding hydrogens is 242 g/mol. The first-order valence-electron chi connectivity index (χ1n) is 5.10. The number of rotatable bonds is 4. The molecular formula is C12H12ClNO3. The lowest BCUT2D eigenvalue weighted by molar-refractivity contribution is -0.142. The van der Waals surface area contributed by atoms with Gasteiger partial charge in [-0.05, 0) is 24.6 Å². The van der Waals surface area contributed by atoms with Gasteiger partial charge in [0.1, 0.15) is 0 Å². The predicted molar refractivity (Wildman–Crippen MR) is 62.4 cm³/mol. The Morgan fingerprint density at radius 2 is 2.29 bits per heavy atom. The lowest BCUT2D eigenvalue weighted by Gasteiger charge is -2.07. The molecule has 0 heterocycles. The van der Waals surface area contributed by atoms with E-state index in [4.69, 9.17) is 26.7 Å². The van der Waals surface area contributed by atoms with E-state index in [2.05, 4.69) is 0 Å². The van der Waals surface area contributed by atoms with Crippen LogP contribution < -0.4 is 0 Å². The molecule has 0 saturated carbocycles. The average molecular weight is 254 g/mol. The van der Waals surface area contributed by atoms with Crippen molar-refractivity contribution in [1.29, 1.82) is 5.26 Å². The molecule has 0 aliphatic rings. The van der Waals surface area contributed by atoms with Crippen LogP contribution in [0.3, 0.4) is 0 Å². The van der Waals surface area contributed by atoms with Gasteiger partial charge in [-0.25, -0.2) is 0 Å². The molecule has 0 radical (unpaired) electrons. The molecule has 90 valence electrons. The molecule has 4 nitrogen and oxygen atoms in total. The van der Waals surface area contributed by atoms with E-state index in [1.54, 1.807) is 13.0 Å². The molecule has 1 N–H and O–H groups in total. The molecule has 0 spiro atoms. The van der Waals surface area contributed by atoms with E-state index in [0.717, 1.165) is 0 Å². The van der Waals surface area contributed by atoms with Crippen LogP contribution in [0.2, 0.25) is 5.02 Å². The summed E-state index contributed by atoms with van der Waals surface area (Å²) in [5.74, 6) is -0.371. The molecule has 0 amide bonds. The summed E-state index contributed by atoms with van der Waals surface area (Å²) in [5, 5.41) is 18.2. The van der Waals surface area contributed by atoms with Gasteiger partial charge in [0.15, 0.2) is 0 Å². The number of ether oxygens (including phenoxy) is 1. The maximum absolute atomic E-state index is 11.3. The predicted octanol–water partition coefficient (Wildman–Crippen LogP) is 1.81. The summed E-state index contributed by atoms with van der Waals surface area (Å²) in [4.78, 5) is 11.3. The highest BCUT2D eigenvalue weighted by atomic mass is 35.5. The summed E-state index contributed by atoms with van der Waals surface area (Å²) < 4.78 is 4.80. The van der Waals surface area contributed by atoms with Crippen molar-refractivity contribution in [1.82, 2.24) is 0 Å². The summed E-state index contributed by atoms with van der Waals surface area (Å²) in [6.07, 6.45) is 0.0634. The van der Waals surface area contributed by atoms with Crippen molar-refractivity contribution in [2.24, 2.45) is 0 Å². The van der Waals surface area contributed by atoms with Crippen LogP contribution in [-0.2, 0) is 22.6 Å². The minimum atomic E-state index is -0.371. The number of hydrogen-bond acceptors (Lipinski definition) is 4. The maximum atomic E-state index is 11.3. The molecule has 1 rings (SSSR count). The number of benzene rings is 1. The second-order valence-electron chi connectivity index (χ2n) is 3.36. The number of esters is 1. The smallest absolute Gasteiger partial charge is 0.310 e. The second kappa shape index (κ2) is 6.24. The van der Waals surface area contributed by atoms with Crippen LogP contribution in [0.5, 0.6) is 0 Å². The Morgan fingerprint density at radius 1 is 1.59 bits per heavy atom. The van der Waals surface area contributed by atoms with Gasteiger partial charge in [0.25, 0.3) is 0 Å². The second-order valence-corrected chi connectivity index (χ2v) is 3.76. The monoisotopic (exact) mass is 253 g/mol. The molecule has 0 aliphatic carbocycles. The quantitative estimate of drug-likeness (QED) is 0.831. The van der Waals surface area contributed by atoms with Gasteiger partial charge in [-0.15, -0.1) is 0 Å². The Morgan fingerprint density at radius 3 is 2.82 bits per heavy atom. The lowest BCUT2D eigenvalue weighted by atomic mass is 10.0. The molecule has 0 bridgehead atoms. The molecule has 1 aromatic carbocycles. The largest absolute Gasteiger partial charge is 0.466 e. The summed E-state index contributed by atoms with van der Waals surface area (Å²) in [6.45, 7) is 1.73. The number of carbonyl (C=O) groups excluding carboxylic acids is 1. The first-order valence-corrected chi connectivity index (χ1v) is 5.48. The molecule has 0 atom stereocenters. The van der Waals surface area contributed by atoms with Crippen molar-refractivity contribution in [3.8, 4) is 6.07 Å². The van der Waals surface area contributed by atoms with E-state index in [9.17, 15) is 4.79 Å². The third-order valence-corrected chi connectivity index (χ3v) is 2.52. The van der Waals surface area contributed by atoms with Crippen LogP contribution >= 0.6 is 11.6 Å².